The number of hydrogen-bond donors (Lipinski definition) is 1. The van der Waals surface area contributed by atoms with Crippen LogP contribution in [-0.2, 0) is 19.1 Å². The molecule has 8 heteroatoms. The highest BCUT2D eigenvalue weighted by atomic mass is 16.6. The third-order valence-corrected chi connectivity index (χ3v) is 8.43. The first-order valence-electron chi connectivity index (χ1n) is 18.5. The van der Waals surface area contributed by atoms with Gasteiger partial charge in [0.25, 0.3) is 0 Å². The third-order valence-electron chi connectivity index (χ3n) is 8.43. The van der Waals surface area contributed by atoms with Crippen LogP contribution in [0.3, 0.4) is 0 Å². The molecule has 0 unspecified atom stereocenters. The molecule has 0 aliphatic carbocycles. The van der Waals surface area contributed by atoms with Gasteiger partial charge in [-0.15, -0.1) is 0 Å². The van der Waals surface area contributed by atoms with E-state index in [-0.39, 0.29) is 30.1 Å². The fraction of sp³-hybridized carbons (Fsp3) is 0.561. The predicted molar refractivity (Wildman–Crippen MR) is 194 cm³/mol. The Balaban J connectivity index is 1.89. The van der Waals surface area contributed by atoms with E-state index in [0.717, 1.165) is 38.5 Å². The summed E-state index contributed by atoms with van der Waals surface area (Å²) >= 11 is 0. The second-order valence-electron chi connectivity index (χ2n) is 12.7. The smallest absolute Gasteiger partial charge is 0.343 e. The van der Waals surface area contributed by atoms with E-state index in [1.54, 1.807) is 30.3 Å². The van der Waals surface area contributed by atoms with Gasteiger partial charge in [0.05, 0.1) is 24.3 Å². The molecule has 0 saturated heterocycles. The quantitative estimate of drug-likeness (QED) is 0.0429. The van der Waals surface area contributed by atoms with Gasteiger partial charge in [0.15, 0.2) is 5.92 Å². The van der Waals surface area contributed by atoms with Crippen LogP contribution in [-0.4, -0.2) is 42.2 Å². The summed E-state index contributed by atoms with van der Waals surface area (Å²) in [6.45, 7) is 4.96. The number of carbonyl (C=O) groups excluding carboxylic acids is 3. The van der Waals surface area contributed by atoms with Crippen LogP contribution in [0, 0.1) is 5.92 Å². The Hall–Kier alpha value is -3.94. The van der Waals surface area contributed by atoms with Gasteiger partial charge in [0, 0.05) is 0 Å². The number of carboxylic acids is 1. The molecule has 0 aliphatic heterocycles. The molecule has 0 heterocycles. The number of esters is 3. The van der Waals surface area contributed by atoms with Gasteiger partial charge in [-0.05, 0) is 54.8 Å². The number of carbonyl (C=O) groups is 4. The lowest BCUT2D eigenvalue weighted by Gasteiger charge is -2.13. The highest BCUT2D eigenvalue weighted by molar-refractivity contribution is 5.98. The lowest BCUT2D eigenvalue weighted by Crippen LogP contribution is -2.27. The van der Waals surface area contributed by atoms with Gasteiger partial charge in [-0.25, -0.2) is 9.59 Å². The highest BCUT2D eigenvalue weighted by Crippen LogP contribution is 2.17. The summed E-state index contributed by atoms with van der Waals surface area (Å²) in [7, 11) is 0. The molecule has 0 aliphatic rings. The second kappa shape index (κ2) is 26.0. The van der Waals surface area contributed by atoms with Crippen LogP contribution in [0.4, 0.5) is 0 Å². The van der Waals surface area contributed by atoms with Crippen LogP contribution in [0.5, 0.6) is 5.75 Å². The zero-order valence-corrected chi connectivity index (χ0v) is 29.8. The number of aromatic carboxylic acids is 1. The van der Waals surface area contributed by atoms with Gasteiger partial charge >= 0.3 is 23.9 Å². The largest absolute Gasteiger partial charge is 0.478 e. The minimum Gasteiger partial charge on any atom is -0.478 e. The Morgan fingerprint density at radius 3 is 1.41 bits per heavy atom. The molecule has 0 amide bonds. The lowest BCUT2D eigenvalue weighted by atomic mass is 10.1. The average molecular weight is 679 g/mol. The molecule has 2 aromatic rings. The topological polar surface area (TPSA) is 116 Å². The number of hydrogen-bond acceptors (Lipinski definition) is 7. The van der Waals surface area contributed by atoms with E-state index in [1.165, 1.54) is 107 Å². The minimum atomic E-state index is -1.18. The van der Waals surface area contributed by atoms with Crippen molar-refractivity contribution in [3.63, 3.8) is 0 Å². The predicted octanol–water partition coefficient (Wildman–Crippen LogP) is 10.4. The molecule has 8 nitrogen and oxygen atoms in total. The van der Waals surface area contributed by atoms with Crippen molar-refractivity contribution >= 4 is 30.0 Å². The van der Waals surface area contributed by atoms with Gasteiger partial charge in [-0.1, -0.05) is 141 Å². The molecule has 0 bridgehead atoms. The van der Waals surface area contributed by atoms with Crippen molar-refractivity contribution in [3.05, 3.63) is 71.3 Å². The van der Waals surface area contributed by atoms with E-state index in [2.05, 4.69) is 13.8 Å². The van der Waals surface area contributed by atoms with Crippen molar-refractivity contribution in [1.29, 1.82) is 0 Å². The second-order valence-corrected chi connectivity index (χ2v) is 12.7. The summed E-state index contributed by atoms with van der Waals surface area (Å²) in [6, 6.07) is 12.1. The molecule has 0 atom stereocenters. The maximum absolute atomic E-state index is 13.0. The van der Waals surface area contributed by atoms with Gasteiger partial charge in [-0.2, -0.15) is 0 Å². The monoisotopic (exact) mass is 678 g/mol. The van der Waals surface area contributed by atoms with E-state index < -0.39 is 29.8 Å². The molecule has 0 saturated carbocycles. The maximum atomic E-state index is 13.0. The zero-order valence-electron chi connectivity index (χ0n) is 29.8. The Morgan fingerprint density at radius 2 is 0.980 bits per heavy atom. The Bertz CT molecular complexity index is 1210. The number of ether oxygens (including phenoxy) is 3. The molecule has 2 aromatic carbocycles. The fourth-order valence-electron chi connectivity index (χ4n) is 5.37. The minimum absolute atomic E-state index is 0.0917. The summed E-state index contributed by atoms with van der Waals surface area (Å²) in [6.07, 6.45) is 23.9. The van der Waals surface area contributed by atoms with Crippen LogP contribution in [0.1, 0.15) is 156 Å². The maximum Gasteiger partial charge on any atom is 0.343 e. The summed E-state index contributed by atoms with van der Waals surface area (Å²) in [5, 5.41) is 9.04. The average Bonchev–Trinajstić information content (AvgIpc) is 3.10. The van der Waals surface area contributed by atoms with Gasteiger partial charge in [0.2, 0.25) is 0 Å². The van der Waals surface area contributed by atoms with E-state index in [0.29, 0.717) is 5.56 Å². The van der Waals surface area contributed by atoms with Crippen molar-refractivity contribution in [1.82, 2.24) is 0 Å². The Labute approximate surface area is 293 Å². The lowest BCUT2D eigenvalue weighted by molar-refractivity contribution is -0.159. The molecule has 0 radical (unpaired) electrons. The van der Waals surface area contributed by atoms with Crippen LogP contribution in [0.2, 0.25) is 0 Å². The van der Waals surface area contributed by atoms with Crippen molar-refractivity contribution in [2.24, 2.45) is 5.92 Å². The molecule has 0 spiro atoms. The van der Waals surface area contributed by atoms with Crippen LogP contribution in [0.15, 0.2) is 54.6 Å². The number of carboxylic acid groups (broad SMARTS) is 1. The van der Waals surface area contributed by atoms with Crippen LogP contribution in [0.25, 0.3) is 6.08 Å². The number of rotatable bonds is 27. The summed E-state index contributed by atoms with van der Waals surface area (Å²) in [5.41, 5.74) is 1.05. The Kier molecular flexibility index (Phi) is 21.9. The molecule has 1 N–H and O–H groups in total. The summed E-state index contributed by atoms with van der Waals surface area (Å²) in [5.74, 6) is -3.87. The highest BCUT2D eigenvalue weighted by Gasteiger charge is 2.27. The SMILES string of the molecule is CCCCCCCCCCCOC(=O)C(/C=C/c1ccc(C(=O)Oc2ccc(C(=O)O)cc2)cc1)C(=O)OCCCCCCCCCCC. The molecule has 49 heavy (non-hydrogen) atoms. The van der Waals surface area contributed by atoms with Crippen LogP contribution >= 0.6 is 0 Å². The first-order chi connectivity index (χ1) is 23.8. The first-order valence-corrected chi connectivity index (χ1v) is 18.5. The molecule has 270 valence electrons. The van der Waals surface area contributed by atoms with E-state index in [4.69, 9.17) is 19.3 Å². The van der Waals surface area contributed by atoms with Crippen molar-refractivity contribution in [3.8, 4) is 5.75 Å². The molecule has 0 fully saturated rings. The van der Waals surface area contributed by atoms with E-state index in [9.17, 15) is 19.2 Å². The molecule has 0 aromatic heterocycles. The number of benzene rings is 2. The summed E-state index contributed by atoms with van der Waals surface area (Å²) in [4.78, 5) is 49.7. The van der Waals surface area contributed by atoms with Crippen molar-refractivity contribution in [2.45, 2.75) is 129 Å². The van der Waals surface area contributed by atoms with E-state index >= 15 is 0 Å². The molecular formula is C41H58O8. The van der Waals surface area contributed by atoms with Crippen LogP contribution < -0.4 is 4.74 Å². The van der Waals surface area contributed by atoms with Gasteiger partial charge in [0.1, 0.15) is 5.75 Å². The fourth-order valence-corrected chi connectivity index (χ4v) is 5.37. The zero-order chi connectivity index (χ0) is 35.5. The summed E-state index contributed by atoms with van der Waals surface area (Å²) < 4.78 is 16.4. The third kappa shape index (κ3) is 18.4. The normalized spacial score (nSPS) is 11.2. The molecule has 2 rings (SSSR count). The van der Waals surface area contributed by atoms with Gasteiger partial charge in [-0.3, -0.25) is 9.59 Å². The standard InChI is InChI=1S/C41H58O8/c1-3-5-7-9-11-13-15-17-19-31-47-40(45)37(41(46)48-32-20-18-16-14-12-10-8-6-4-2)30-23-33-21-24-35(25-22-33)39(44)49-36-28-26-34(27-29-36)38(42)43/h21-30,37H,3-20,31-32H2,1-2H3,(H,42,43)/b30-23+. The van der Waals surface area contributed by atoms with Crippen molar-refractivity contribution < 1.29 is 38.5 Å². The van der Waals surface area contributed by atoms with E-state index in [1.807, 2.05) is 0 Å². The van der Waals surface area contributed by atoms with Gasteiger partial charge < -0.3 is 19.3 Å². The number of unbranched alkanes of at least 4 members (excludes halogenated alkanes) is 16. The Morgan fingerprint density at radius 1 is 0.571 bits per heavy atom. The molecular weight excluding hydrogens is 620 g/mol. The first kappa shape index (κ1) is 41.2. The van der Waals surface area contributed by atoms with Crippen molar-refractivity contribution in [2.75, 3.05) is 13.2 Å².